The Morgan fingerprint density at radius 1 is 1.12 bits per heavy atom. The van der Waals surface area contributed by atoms with E-state index in [1.807, 2.05) is 17.0 Å². The van der Waals surface area contributed by atoms with E-state index in [1.54, 1.807) is 43.3 Å². The van der Waals surface area contributed by atoms with E-state index in [1.165, 1.54) is 12.1 Å². The van der Waals surface area contributed by atoms with Crippen molar-refractivity contribution in [1.82, 2.24) is 10.2 Å². The standard InChI is InChI=1S/C19H19N3O4/c1-20-16(23)11-22-15-6-4-3-5-14(15)18(24)21(2)17(22)12-7-9-13(10-8-12)19(25)26/h3-10,17H,11H2,1-2H3,(H,20,23)(H,25,26)/t17-/m1/s1. The lowest BCUT2D eigenvalue weighted by Gasteiger charge is -2.43. The van der Waals surface area contributed by atoms with Gasteiger partial charge in [0.15, 0.2) is 0 Å². The second kappa shape index (κ2) is 6.87. The highest BCUT2D eigenvalue weighted by Crippen LogP contribution is 2.37. The smallest absolute Gasteiger partial charge is 0.335 e. The molecule has 26 heavy (non-hydrogen) atoms. The van der Waals surface area contributed by atoms with Crippen molar-refractivity contribution in [3.63, 3.8) is 0 Å². The number of fused-ring (bicyclic) bond motifs is 1. The molecule has 1 heterocycles. The molecule has 0 saturated carbocycles. The number of aromatic carboxylic acids is 1. The van der Waals surface area contributed by atoms with Crippen molar-refractivity contribution in [2.75, 3.05) is 25.5 Å². The Bertz CT molecular complexity index is 863. The summed E-state index contributed by atoms with van der Waals surface area (Å²) in [6.45, 7) is 0.0660. The van der Waals surface area contributed by atoms with E-state index < -0.39 is 12.1 Å². The zero-order valence-electron chi connectivity index (χ0n) is 14.5. The summed E-state index contributed by atoms with van der Waals surface area (Å²) in [6.07, 6.45) is -0.516. The molecular weight excluding hydrogens is 334 g/mol. The number of hydrogen-bond acceptors (Lipinski definition) is 4. The van der Waals surface area contributed by atoms with Crippen LogP contribution < -0.4 is 10.2 Å². The number of nitrogens with zero attached hydrogens (tertiary/aromatic N) is 2. The Labute approximate surface area is 150 Å². The third kappa shape index (κ3) is 2.99. The fourth-order valence-corrected chi connectivity index (χ4v) is 3.15. The fraction of sp³-hybridized carbons (Fsp3) is 0.211. The summed E-state index contributed by atoms with van der Waals surface area (Å²) in [7, 11) is 3.23. The molecule has 0 aliphatic carbocycles. The third-order valence-corrected chi connectivity index (χ3v) is 4.47. The van der Waals surface area contributed by atoms with Crippen molar-refractivity contribution in [2.24, 2.45) is 0 Å². The van der Waals surface area contributed by atoms with Crippen molar-refractivity contribution in [3.8, 4) is 0 Å². The molecule has 0 saturated heterocycles. The van der Waals surface area contributed by atoms with E-state index in [-0.39, 0.29) is 23.9 Å². The molecule has 2 N–H and O–H groups in total. The minimum atomic E-state index is -1.02. The number of carboxylic acids is 1. The molecule has 0 bridgehead atoms. The number of anilines is 1. The number of carboxylic acid groups (broad SMARTS) is 1. The molecule has 0 unspecified atom stereocenters. The quantitative estimate of drug-likeness (QED) is 0.874. The van der Waals surface area contributed by atoms with Crippen LogP contribution in [0, 0.1) is 0 Å². The topological polar surface area (TPSA) is 90.0 Å². The average molecular weight is 353 g/mol. The predicted molar refractivity (Wildman–Crippen MR) is 96.1 cm³/mol. The molecule has 1 aliphatic rings. The maximum absolute atomic E-state index is 12.8. The monoisotopic (exact) mass is 353 g/mol. The van der Waals surface area contributed by atoms with Crippen LogP contribution >= 0.6 is 0 Å². The first kappa shape index (κ1) is 17.5. The lowest BCUT2D eigenvalue weighted by Crippen LogP contribution is -2.50. The van der Waals surface area contributed by atoms with E-state index in [4.69, 9.17) is 5.11 Å². The summed E-state index contributed by atoms with van der Waals surface area (Å²) in [5.74, 6) is -1.35. The summed E-state index contributed by atoms with van der Waals surface area (Å²) in [4.78, 5) is 39.3. The van der Waals surface area contributed by atoms with E-state index in [0.29, 0.717) is 11.3 Å². The van der Waals surface area contributed by atoms with Crippen LogP contribution in [0.15, 0.2) is 48.5 Å². The van der Waals surface area contributed by atoms with Crippen LogP contribution in [0.4, 0.5) is 5.69 Å². The first-order valence-corrected chi connectivity index (χ1v) is 8.10. The number of carbonyl (C=O) groups excluding carboxylic acids is 2. The van der Waals surface area contributed by atoms with E-state index in [0.717, 1.165) is 5.56 Å². The molecule has 2 amide bonds. The molecule has 2 aromatic rings. The van der Waals surface area contributed by atoms with Gasteiger partial charge in [-0.05, 0) is 29.8 Å². The van der Waals surface area contributed by atoms with Gasteiger partial charge in [-0.15, -0.1) is 0 Å². The number of likely N-dealkylation sites (N-methyl/N-ethyl adjacent to an activating group) is 1. The van der Waals surface area contributed by atoms with Crippen LogP contribution in [0.2, 0.25) is 0 Å². The molecule has 0 radical (unpaired) electrons. The summed E-state index contributed by atoms with van der Waals surface area (Å²) < 4.78 is 0. The highest BCUT2D eigenvalue weighted by molar-refractivity contribution is 6.02. The van der Waals surface area contributed by atoms with Gasteiger partial charge in [0.25, 0.3) is 5.91 Å². The van der Waals surface area contributed by atoms with E-state index in [9.17, 15) is 14.4 Å². The van der Waals surface area contributed by atoms with Crippen LogP contribution in [-0.4, -0.2) is 48.4 Å². The van der Waals surface area contributed by atoms with E-state index >= 15 is 0 Å². The van der Waals surface area contributed by atoms with Gasteiger partial charge in [0.05, 0.1) is 23.4 Å². The lowest BCUT2D eigenvalue weighted by atomic mass is 10.0. The second-order valence-electron chi connectivity index (χ2n) is 6.04. The fourth-order valence-electron chi connectivity index (χ4n) is 3.15. The molecular formula is C19H19N3O4. The van der Waals surface area contributed by atoms with Crippen LogP contribution in [0.5, 0.6) is 0 Å². The van der Waals surface area contributed by atoms with Crippen molar-refractivity contribution < 1.29 is 19.5 Å². The molecule has 3 rings (SSSR count). The van der Waals surface area contributed by atoms with Crippen molar-refractivity contribution in [3.05, 3.63) is 65.2 Å². The van der Waals surface area contributed by atoms with Gasteiger partial charge in [0.1, 0.15) is 6.17 Å². The maximum Gasteiger partial charge on any atom is 0.335 e. The normalized spacial score (nSPS) is 16.2. The minimum absolute atomic E-state index is 0.0660. The largest absolute Gasteiger partial charge is 0.478 e. The van der Waals surface area contributed by atoms with Gasteiger partial charge in [0, 0.05) is 14.1 Å². The molecule has 134 valence electrons. The summed E-state index contributed by atoms with van der Waals surface area (Å²) in [5.41, 5.74) is 2.09. The number of carbonyl (C=O) groups is 3. The number of hydrogen-bond donors (Lipinski definition) is 2. The molecule has 2 aromatic carbocycles. The van der Waals surface area contributed by atoms with Crippen LogP contribution in [-0.2, 0) is 4.79 Å². The summed E-state index contributed by atoms with van der Waals surface area (Å²) in [6, 6.07) is 13.5. The van der Waals surface area contributed by atoms with Gasteiger partial charge in [-0.25, -0.2) is 4.79 Å². The highest BCUT2D eigenvalue weighted by Gasteiger charge is 2.37. The van der Waals surface area contributed by atoms with Crippen molar-refractivity contribution in [2.45, 2.75) is 6.17 Å². The number of benzene rings is 2. The SMILES string of the molecule is CNC(=O)CN1c2ccccc2C(=O)N(C)[C@H]1c1ccc(C(=O)O)cc1. The first-order chi connectivity index (χ1) is 12.4. The Morgan fingerprint density at radius 3 is 2.38 bits per heavy atom. The van der Waals surface area contributed by atoms with Gasteiger partial charge in [-0.1, -0.05) is 24.3 Å². The summed E-state index contributed by atoms with van der Waals surface area (Å²) >= 11 is 0. The van der Waals surface area contributed by atoms with Crippen molar-refractivity contribution in [1.29, 1.82) is 0 Å². The van der Waals surface area contributed by atoms with Gasteiger partial charge < -0.3 is 20.2 Å². The molecule has 1 aliphatic heterocycles. The number of nitrogens with one attached hydrogen (secondary N) is 1. The lowest BCUT2D eigenvalue weighted by molar-refractivity contribution is -0.119. The average Bonchev–Trinajstić information content (AvgIpc) is 2.66. The minimum Gasteiger partial charge on any atom is -0.478 e. The molecule has 7 heteroatoms. The second-order valence-corrected chi connectivity index (χ2v) is 6.04. The summed E-state index contributed by atoms with van der Waals surface area (Å²) in [5, 5.41) is 11.7. The third-order valence-electron chi connectivity index (χ3n) is 4.47. The molecule has 7 nitrogen and oxygen atoms in total. The zero-order chi connectivity index (χ0) is 18.8. The zero-order valence-corrected chi connectivity index (χ0v) is 14.5. The van der Waals surface area contributed by atoms with Gasteiger partial charge >= 0.3 is 5.97 Å². The Hall–Kier alpha value is -3.35. The van der Waals surface area contributed by atoms with Crippen LogP contribution in [0.25, 0.3) is 0 Å². The predicted octanol–water partition coefficient (Wildman–Crippen LogP) is 1.72. The number of rotatable bonds is 4. The van der Waals surface area contributed by atoms with Gasteiger partial charge in [-0.2, -0.15) is 0 Å². The first-order valence-electron chi connectivity index (χ1n) is 8.10. The Kier molecular flexibility index (Phi) is 4.62. The molecule has 0 spiro atoms. The van der Waals surface area contributed by atoms with Crippen molar-refractivity contribution >= 4 is 23.5 Å². The van der Waals surface area contributed by atoms with Crippen LogP contribution in [0.1, 0.15) is 32.4 Å². The maximum atomic E-state index is 12.8. The molecule has 0 fully saturated rings. The highest BCUT2D eigenvalue weighted by atomic mass is 16.4. The van der Waals surface area contributed by atoms with Gasteiger partial charge in [0.2, 0.25) is 5.91 Å². The number of para-hydroxylation sites is 1. The Morgan fingerprint density at radius 2 is 1.77 bits per heavy atom. The van der Waals surface area contributed by atoms with Gasteiger partial charge in [-0.3, -0.25) is 9.59 Å². The molecule has 0 aromatic heterocycles. The Balaban J connectivity index is 2.09. The molecule has 1 atom stereocenters. The van der Waals surface area contributed by atoms with Crippen LogP contribution in [0.3, 0.4) is 0 Å². The number of amides is 2. The van der Waals surface area contributed by atoms with E-state index in [2.05, 4.69) is 5.32 Å².